The zero-order chi connectivity index (χ0) is 14.7. The van der Waals surface area contributed by atoms with Gasteiger partial charge in [0.05, 0.1) is 24.7 Å². The number of hydrogen-bond acceptors (Lipinski definition) is 4. The van der Waals surface area contributed by atoms with Gasteiger partial charge in [-0.1, -0.05) is 0 Å². The number of aromatic nitrogens is 1. The molecule has 5 nitrogen and oxygen atoms in total. The van der Waals surface area contributed by atoms with Crippen LogP contribution >= 0.6 is 0 Å². The Kier molecular flexibility index (Phi) is 3.84. The number of ether oxygens (including phenoxy) is 1. The van der Waals surface area contributed by atoms with E-state index in [1.165, 1.54) is 36.5 Å². The van der Waals surface area contributed by atoms with Crippen molar-refractivity contribution in [3.05, 3.63) is 48.0 Å². The topological polar surface area (TPSA) is 68.5 Å². The molecule has 1 amide bonds. The van der Waals surface area contributed by atoms with Crippen LogP contribution in [0.15, 0.2) is 36.7 Å². The number of nitrogens with zero attached hydrogens (tertiary/aromatic N) is 2. The molecule has 2 aromatic rings. The molecule has 104 valence electrons. The van der Waals surface area contributed by atoms with E-state index in [1.807, 2.05) is 0 Å². The molecule has 1 aromatic carbocycles. The van der Waals surface area contributed by atoms with Crippen LogP contribution in [0.4, 0.5) is 15.8 Å². The van der Waals surface area contributed by atoms with Crippen LogP contribution in [-0.4, -0.2) is 25.0 Å². The third-order valence-electron chi connectivity index (χ3n) is 2.89. The van der Waals surface area contributed by atoms with Crippen molar-refractivity contribution in [2.24, 2.45) is 0 Å². The minimum Gasteiger partial charge on any atom is -0.494 e. The summed E-state index contributed by atoms with van der Waals surface area (Å²) in [4.78, 5) is 17.5. The summed E-state index contributed by atoms with van der Waals surface area (Å²) >= 11 is 0. The molecule has 0 atom stereocenters. The van der Waals surface area contributed by atoms with E-state index >= 15 is 0 Å². The van der Waals surface area contributed by atoms with Crippen LogP contribution in [-0.2, 0) is 0 Å². The summed E-state index contributed by atoms with van der Waals surface area (Å²) in [6.07, 6.45) is 2.98. The normalized spacial score (nSPS) is 10.2. The molecule has 0 saturated heterocycles. The molecule has 2 rings (SSSR count). The summed E-state index contributed by atoms with van der Waals surface area (Å²) in [5, 5.41) is 0. The van der Waals surface area contributed by atoms with Crippen molar-refractivity contribution in [3.8, 4) is 5.75 Å². The molecule has 0 aliphatic heterocycles. The second-order valence-corrected chi connectivity index (χ2v) is 4.15. The molecule has 2 N–H and O–H groups in total. The number of halogens is 1. The summed E-state index contributed by atoms with van der Waals surface area (Å²) in [5.41, 5.74) is 6.86. The summed E-state index contributed by atoms with van der Waals surface area (Å²) in [6, 6.07) is 5.66. The number of carbonyl (C=O) groups is 1. The third kappa shape index (κ3) is 2.54. The van der Waals surface area contributed by atoms with Gasteiger partial charge in [0.2, 0.25) is 0 Å². The van der Waals surface area contributed by atoms with Crippen LogP contribution in [0.1, 0.15) is 10.4 Å². The Bertz CT molecular complexity index is 646. The second kappa shape index (κ2) is 5.56. The van der Waals surface area contributed by atoms with E-state index in [-0.39, 0.29) is 17.2 Å². The van der Waals surface area contributed by atoms with Crippen molar-refractivity contribution in [3.63, 3.8) is 0 Å². The van der Waals surface area contributed by atoms with Crippen molar-refractivity contribution < 1.29 is 13.9 Å². The maximum Gasteiger partial charge on any atom is 0.258 e. The van der Waals surface area contributed by atoms with E-state index in [1.54, 1.807) is 13.1 Å². The van der Waals surface area contributed by atoms with Gasteiger partial charge < -0.3 is 15.4 Å². The van der Waals surface area contributed by atoms with Gasteiger partial charge in [-0.25, -0.2) is 4.39 Å². The van der Waals surface area contributed by atoms with Gasteiger partial charge in [0.25, 0.3) is 5.91 Å². The number of nitrogen functional groups attached to an aromatic ring is 1. The van der Waals surface area contributed by atoms with Crippen LogP contribution in [0.2, 0.25) is 0 Å². The summed E-state index contributed by atoms with van der Waals surface area (Å²) in [6.45, 7) is 0. The van der Waals surface area contributed by atoms with Crippen LogP contribution in [0.3, 0.4) is 0 Å². The van der Waals surface area contributed by atoms with Gasteiger partial charge in [0.15, 0.2) is 11.6 Å². The van der Waals surface area contributed by atoms with Gasteiger partial charge in [-0.3, -0.25) is 9.78 Å². The minimum absolute atomic E-state index is 0.0904. The van der Waals surface area contributed by atoms with Crippen molar-refractivity contribution in [1.82, 2.24) is 4.98 Å². The fraction of sp³-hybridized carbons (Fsp3) is 0.143. The lowest BCUT2D eigenvalue weighted by Crippen LogP contribution is -2.27. The first-order chi connectivity index (χ1) is 9.54. The average Bonchev–Trinajstić information content (AvgIpc) is 2.46. The summed E-state index contributed by atoms with van der Waals surface area (Å²) < 4.78 is 18.4. The molecule has 1 aromatic heterocycles. The smallest absolute Gasteiger partial charge is 0.258 e. The monoisotopic (exact) mass is 275 g/mol. The first kappa shape index (κ1) is 13.8. The molecule has 0 bridgehead atoms. The molecular formula is C14H14FN3O2. The predicted molar refractivity (Wildman–Crippen MR) is 74.3 cm³/mol. The summed E-state index contributed by atoms with van der Waals surface area (Å²) in [5.74, 6) is -0.869. The second-order valence-electron chi connectivity index (χ2n) is 4.15. The van der Waals surface area contributed by atoms with Crippen LogP contribution < -0.4 is 15.4 Å². The minimum atomic E-state index is -0.588. The molecular weight excluding hydrogens is 261 g/mol. The highest BCUT2D eigenvalue weighted by molar-refractivity contribution is 6.07. The number of benzene rings is 1. The van der Waals surface area contributed by atoms with E-state index in [0.717, 1.165) is 6.07 Å². The Morgan fingerprint density at radius 1 is 1.40 bits per heavy atom. The quantitative estimate of drug-likeness (QED) is 0.931. The third-order valence-corrected chi connectivity index (χ3v) is 2.89. The highest BCUT2D eigenvalue weighted by atomic mass is 19.1. The van der Waals surface area contributed by atoms with E-state index in [4.69, 9.17) is 10.5 Å². The van der Waals surface area contributed by atoms with Gasteiger partial charge in [0, 0.05) is 18.8 Å². The van der Waals surface area contributed by atoms with Gasteiger partial charge in [0.1, 0.15) is 0 Å². The Balaban J connectivity index is 2.32. The molecule has 0 saturated carbocycles. The van der Waals surface area contributed by atoms with Crippen molar-refractivity contribution in [2.75, 3.05) is 24.8 Å². The number of pyridine rings is 1. The van der Waals surface area contributed by atoms with Crippen LogP contribution in [0, 0.1) is 5.82 Å². The zero-order valence-electron chi connectivity index (χ0n) is 11.1. The number of rotatable bonds is 3. The lowest BCUT2D eigenvalue weighted by Gasteiger charge is -2.19. The molecule has 0 radical (unpaired) electrons. The number of amides is 1. The Hall–Kier alpha value is -2.63. The Labute approximate surface area is 115 Å². The Morgan fingerprint density at radius 2 is 2.15 bits per heavy atom. The Morgan fingerprint density at radius 3 is 2.75 bits per heavy atom. The lowest BCUT2D eigenvalue weighted by atomic mass is 10.1. The van der Waals surface area contributed by atoms with E-state index in [9.17, 15) is 9.18 Å². The molecule has 0 spiro atoms. The van der Waals surface area contributed by atoms with E-state index < -0.39 is 5.82 Å². The average molecular weight is 275 g/mol. The molecule has 0 fully saturated rings. The SMILES string of the molecule is COc1ccc(C(=O)N(C)c2ccncc2N)cc1F. The van der Waals surface area contributed by atoms with Crippen molar-refractivity contribution in [2.45, 2.75) is 0 Å². The van der Waals surface area contributed by atoms with Crippen molar-refractivity contribution >= 4 is 17.3 Å². The standard InChI is InChI=1S/C14H14FN3O2/c1-18(12-5-6-17-8-11(12)16)14(19)9-3-4-13(20-2)10(15)7-9/h3-8H,16H2,1-2H3. The number of hydrogen-bond donors (Lipinski definition) is 1. The molecule has 0 aliphatic carbocycles. The predicted octanol–water partition coefficient (Wildman–Crippen LogP) is 2.09. The van der Waals surface area contributed by atoms with E-state index in [0.29, 0.717) is 11.4 Å². The van der Waals surface area contributed by atoms with Crippen LogP contribution in [0.5, 0.6) is 5.75 Å². The lowest BCUT2D eigenvalue weighted by molar-refractivity contribution is 0.0992. The first-order valence-corrected chi connectivity index (χ1v) is 5.85. The van der Waals surface area contributed by atoms with Gasteiger partial charge in [-0.15, -0.1) is 0 Å². The largest absolute Gasteiger partial charge is 0.494 e. The maximum absolute atomic E-state index is 13.6. The summed E-state index contributed by atoms with van der Waals surface area (Å²) in [7, 11) is 2.93. The fourth-order valence-corrected chi connectivity index (χ4v) is 1.81. The van der Waals surface area contributed by atoms with Gasteiger partial charge in [-0.05, 0) is 24.3 Å². The maximum atomic E-state index is 13.6. The van der Waals surface area contributed by atoms with Gasteiger partial charge in [-0.2, -0.15) is 0 Å². The molecule has 1 heterocycles. The molecule has 6 heteroatoms. The number of nitrogens with two attached hydrogens (primary N) is 1. The molecule has 0 aliphatic rings. The van der Waals surface area contributed by atoms with Crippen molar-refractivity contribution in [1.29, 1.82) is 0 Å². The molecule has 20 heavy (non-hydrogen) atoms. The fourth-order valence-electron chi connectivity index (χ4n) is 1.81. The first-order valence-electron chi connectivity index (χ1n) is 5.85. The number of methoxy groups -OCH3 is 1. The highest BCUT2D eigenvalue weighted by Crippen LogP contribution is 2.23. The van der Waals surface area contributed by atoms with Crippen LogP contribution in [0.25, 0.3) is 0 Å². The number of carbonyl (C=O) groups excluding carboxylic acids is 1. The molecule has 0 unspecified atom stereocenters. The van der Waals surface area contributed by atoms with E-state index in [2.05, 4.69) is 4.98 Å². The zero-order valence-corrected chi connectivity index (χ0v) is 11.1. The van der Waals surface area contributed by atoms with Gasteiger partial charge >= 0.3 is 0 Å². The highest BCUT2D eigenvalue weighted by Gasteiger charge is 2.17. The number of anilines is 2.